The molecular formula is C16H10ClN5O2S. The third kappa shape index (κ3) is 3.26. The van der Waals surface area contributed by atoms with E-state index in [1.807, 2.05) is 6.07 Å². The predicted molar refractivity (Wildman–Crippen MR) is 94.4 cm³/mol. The van der Waals surface area contributed by atoms with E-state index in [1.165, 1.54) is 16.4 Å². The molecule has 0 atom stereocenters. The fourth-order valence-corrected chi connectivity index (χ4v) is 2.97. The van der Waals surface area contributed by atoms with E-state index in [-0.39, 0.29) is 11.4 Å². The summed E-state index contributed by atoms with van der Waals surface area (Å²) in [5.41, 5.74) is 1.12. The molecule has 0 saturated carbocycles. The molecule has 4 aromatic rings. The molecule has 4 rings (SSSR count). The first kappa shape index (κ1) is 15.8. The SMILES string of the molecule is O=c1c2ccccc2nnn1CSc1nnc(-c2ccc(Cl)cc2)o1. The number of halogens is 1. The Hall–Kier alpha value is -2.71. The summed E-state index contributed by atoms with van der Waals surface area (Å²) in [5.74, 6) is 0.606. The van der Waals surface area contributed by atoms with E-state index in [4.69, 9.17) is 16.0 Å². The third-order valence-electron chi connectivity index (χ3n) is 3.44. The minimum absolute atomic E-state index is 0.212. The average molecular weight is 372 g/mol. The van der Waals surface area contributed by atoms with Gasteiger partial charge in [-0.15, -0.1) is 15.3 Å². The van der Waals surface area contributed by atoms with Gasteiger partial charge in [-0.1, -0.05) is 28.9 Å². The van der Waals surface area contributed by atoms with Crippen LogP contribution in [0.4, 0.5) is 0 Å². The highest BCUT2D eigenvalue weighted by molar-refractivity contribution is 7.98. The van der Waals surface area contributed by atoms with Crippen molar-refractivity contribution in [3.8, 4) is 11.5 Å². The highest BCUT2D eigenvalue weighted by Crippen LogP contribution is 2.24. The number of hydrogen-bond acceptors (Lipinski definition) is 7. The third-order valence-corrected chi connectivity index (χ3v) is 4.47. The van der Waals surface area contributed by atoms with Crippen LogP contribution in [0.5, 0.6) is 0 Å². The first-order valence-electron chi connectivity index (χ1n) is 7.25. The zero-order valence-electron chi connectivity index (χ0n) is 12.7. The van der Waals surface area contributed by atoms with Crippen LogP contribution in [0, 0.1) is 0 Å². The Kier molecular flexibility index (Phi) is 4.21. The Morgan fingerprint density at radius 2 is 1.84 bits per heavy atom. The van der Waals surface area contributed by atoms with Gasteiger partial charge >= 0.3 is 0 Å². The van der Waals surface area contributed by atoms with Crippen molar-refractivity contribution in [3.05, 3.63) is 63.9 Å². The molecule has 0 aliphatic heterocycles. The summed E-state index contributed by atoms with van der Waals surface area (Å²) in [6.45, 7) is 0. The van der Waals surface area contributed by atoms with Crippen LogP contribution in [0.25, 0.3) is 22.4 Å². The van der Waals surface area contributed by atoms with Crippen LogP contribution in [-0.2, 0) is 5.88 Å². The summed E-state index contributed by atoms with van der Waals surface area (Å²) in [6, 6.07) is 14.2. The second-order valence-corrected chi connectivity index (χ2v) is 6.40. The van der Waals surface area contributed by atoms with Gasteiger partial charge in [-0.25, -0.2) is 0 Å². The van der Waals surface area contributed by atoms with Crippen molar-refractivity contribution in [3.63, 3.8) is 0 Å². The molecule has 0 aliphatic rings. The number of benzene rings is 2. The van der Waals surface area contributed by atoms with Crippen molar-refractivity contribution in [1.82, 2.24) is 25.2 Å². The molecule has 124 valence electrons. The summed E-state index contributed by atoms with van der Waals surface area (Å²) >= 11 is 7.07. The molecule has 7 nitrogen and oxygen atoms in total. The molecule has 0 spiro atoms. The van der Waals surface area contributed by atoms with E-state index in [1.54, 1.807) is 42.5 Å². The van der Waals surface area contributed by atoms with Gasteiger partial charge in [0.25, 0.3) is 10.8 Å². The van der Waals surface area contributed by atoms with Crippen molar-refractivity contribution in [1.29, 1.82) is 0 Å². The molecule has 25 heavy (non-hydrogen) atoms. The van der Waals surface area contributed by atoms with Gasteiger partial charge in [-0.2, -0.15) is 4.68 Å². The average Bonchev–Trinajstić information content (AvgIpc) is 3.11. The molecular weight excluding hydrogens is 362 g/mol. The lowest BCUT2D eigenvalue weighted by Gasteiger charge is -2.02. The molecule has 0 N–H and O–H groups in total. The molecule has 2 heterocycles. The largest absolute Gasteiger partial charge is 0.411 e. The van der Waals surface area contributed by atoms with Crippen molar-refractivity contribution in [2.45, 2.75) is 11.1 Å². The van der Waals surface area contributed by atoms with Gasteiger partial charge in [0, 0.05) is 10.6 Å². The summed E-state index contributed by atoms with van der Waals surface area (Å²) in [7, 11) is 0. The Labute approximate surface area is 150 Å². The van der Waals surface area contributed by atoms with Crippen LogP contribution in [-0.4, -0.2) is 25.2 Å². The molecule has 0 radical (unpaired) electrons. The summed E-state index contributed by atoms with van der Waals surface area (Å²) in [5, 5.41) is 17.4. The van der Waals surface area contributed by atoms with Gasteiger partial charge in [0.15, 0.2) is 0 Å². The lowest BCUT2D eigenvalue weighted by Crippen LogP contribution is -2.23. The molecule has 2 aromatic carbocycles. The number of aromatic nitrogens is 5. The van der Waals surface area contributed by atoms with Gasteiger partial charge in [0.2, 0.25) is 5.89 Å². The normalized spacial score (nSPS) is 11.1. The second kappa shape index (κ2) is 6.66. The van der Waals surface area contributed by atoms with Gasteiger partial charge in [-0.3, -0.25) is 4.79 Å². The smallest absolute Gasteiger partial charge is 0.278 e. The highest BCUT2D eigenvalue weighted by atomic mass is 35.5. The van der Waals surface area contributed by atoms with Crippen molar-refractivity contribution in [2.75, 3.05) is 0 Å². The molecule has 0 aliphatic carbocycles. The van der Waals surface area contributed by atoms with Crippen molar-refractivity contribution in [2.24, 2.45) is 0 Å². The van der Waals surface area contributed by atoms with Crippen LogP contribution in [0.2, 0.25) is 5.02 Å². The van der Waals surface area contributed by atoms with E-state index in [0.29, 0.717) is 27.0 Å². The first-order chi connectivity index (χ1) is 12.2. The highest BCUT2D eigenvalue weighted by Gasteiger charge is 2.11. The molecule has 0 saturated heterocycles. The van der Waals surface area contributed by atoms with Crippen molar-refractivity contribution >= 4 is 34.3 Å². The molecule has 9 heteroatoms. The molecule has 0 unspecified atom stereocenters. The molecule has 0 fully saturated rings. The van der Waals surface area contributed by atoms with E-state index < -0.39 is 0 Å². The summed E-state index contributed by atoms with van der Waals surface area (Å²) in [6.07, 6.45) is 0. The Morgan fingerprint density at radius 3 is 2.68 bits per heavy atom. The Balaban J connectivity index is 1.53. The van der Waals surface area contributed by atoms with E-state index in [9.17, 15) is 4.79 Å². The van der Waals surface area contributed by atoms with Gasteiger partial charge in [0.05, 0.1) is 5.39 Å². The second-order valence-electron chi connectivity index (χ2n) is 5.06. The molecule has 0 bridgehead atoms. The first-order valence-corrected chi connectivity index (χ1v) is 8.62. The van der Waals surface area contributed by atoms with E-state index >= 15 is 0 Å². The standard InChI is InChI=1S/C16H10ClN5O2S/c17-11-7-5-10(6-8-11)14-19-20-16(24-14)25-9-22-15(23)12-3-1-2-4-13(12)18-21-22/h1-8H,9H2. The summed E-state index contributed by atoms with van der Waals surface area (Å²) < 4.78 is 6.86. The number of nitrogens with zero attached hydrogens (tertiary/aromatic N) is 5. The summed E-state index contributed by atoms with van der Waals surface area (Å²) in [4.78, 5) is 12.4. The lowest BCUT2D eigenvalue weighted by atomic mass is 10.2. The molecule has 0 amide bonds. The Bertz CT molecular complexity index is 1090. The van der Waals surface area contributed by atoms with Crippen LogP contribution in [0.15, 0.2) is 63.0 Å². The minimum atomic E-state index is -0.212. The van der Waals surface area contributed by atoms with Crippen LogP contribution < -0.4 is 5.56 Å². The maximum absolute atomic E-state index is 12.4. The number of rotatable bonds is 4. The van der Waals surface area contributed by atoms with E-state index in [0.717, 1.165) is 5.56 Å². The van der Waals surface area contributed by atoms with Gasteiger partial charge in [-0.05, 0) is 48.2 Å². The van der Waals surface area contributed by atoms with Crippen LogP contribution in [0.3, 0.4) is 0 Å². The van der Waals surface area contributed by atoms with Crippen LogP contribution >= 0.6 is 23.4 Å². The van der Waals surface area contributed by atoms with Crippen LogP contribution in [0.1, 0.15) is 0 Å². The van der Waals surface area contributed by atoms with E-state index in [2.05, 4.69) is 20.5 Å². The van der Waals surface area contributed by atoms with Crippen molar-refractivity contribution < 1.29 is 4.42 Å². The lowest BCUT2D eigenvalue weighted by molar-refractivity contribution is 0.464. The quantitative estimate of drug-likeness (QED) is 0.509. The maximum atomic E-state index is 12.4. The topological polar surface area (TPSA) is 86.7 Å². The predicted octanol–water partition coefficient (Wildman–Crippen LogP) is 3.24. The van der Waals surface area contributed by atoms with Gasteiger partial charge in [0.1, 0.15) is 11.4 Å². The number of thioether (sulfide) groups is 1. The Morgan fingerprint density at radius 1 is 1.04 bits per heavy atom. The number of fused-ring (bicyclic) bond motifs is 1. The van der Waals surface area contributed by atoms with Gasteiger partial charge < -0.3 is 4.42 Å². The number of hydrogen-bond donors (Lipinski definition) is 0. The molecule has 2 aromatic heterocycles. The minimum Gasteiger partial charge on any atom is -0.411 e. The zero-order valence-corrected chi connectivity index (χ0v) is 14.2. The zero-order chi connectivity index (χ0) is 17.2. The maximum Gasteiger partial charge on any atom is 0.278 e. The monoisotopic (exact) mass is 371 g/mol. The fourth-order valence-electron chi connectivity index (χ4n) is 2.20. The fraction of sp³-hybridized carbons (Fsp3) is 0.0625.